The van der Waals surface area contributed by atoms with E-state index >= 15 is 0 Å². The van der Waals surface area contributed by atoms with E-state index in [0.717, 1.165) is 18.4 Å². The van der Waals surface area contributed by atoms with Gasteiger partial charge in [-0.25, -0.2) is 0 Å². The molecule has 1 saturated carbocycles. The van der Waals surface area contributed by atoms with E-state index < -0.39 is 0 Å². The van der Waals surface area contributed by atoms with Crippen molar-refractivity contribution in [2.45, 2.75) is 31.8 Å². The van der Waals surface area contributed by atoms with E-state index in [4.69, 9.17) is 5.73 Å². The highest BCUT2D eigenvalue weighted by Crippen LogP contribution is 2.29. The Bertz CT molecular complexity index is 414. The van der Waals surface area contributed by atoms with Crippen molar-refractivity contribution >= 4 is 11.4 Å². The number of nitrogens with zero attached hydrogens (tertiary/aromatic N) is 1. The number of aryl methyl sites for hydroxylation is 1. The van der Waals surface area contributed by atoms with E-state index in [1.54, 1.807) is 6.07 Å². The highest BCUT2D eigenvalue weighted by Gasteiger charge is 2.27. The van der Waals surface area contributed by atoms with Crippen LogP contribution < -0.4 is 11.1 Å². The van der Waals surface area contributed by atoms with Gasteiger partial charge in [-0.1, -0.05) is 6.07 Å². The highest BCUT2D eigenvalue weighted by molar-refractivity contribution is 5.63. The molecule has 0 radical (unpaired) electrons. The van der Waals surface area contributed by atoms with E-state index in [1.165, 1.54) is 6.07 Å². The first kappa shape index (κ1) is 10.9. The van der Waals surface area contributed by atoms with Gasteiger partial charge in [0, 0.05) is 18.2 Å². The zero-order valence-corrected chi connectivity index (χ0v) is 9.14. The molecule has 0 atom stereocenters. The number of nitrogens with two attached hydrogens (primary N) is 1. The Morgan fingerprint density at radius 1 is 1.50 bits per heavy atom. The van der Waals surface area contributed by atoms with E-state index in [9.17, 15) is 10.1 Å². The second kappa shape index (κ2) is 4.09. The van der Waals surface area contributed by atoms with Gasteiger partial charge in [0.2, 0.25) is 0 Å². The van der Waals surface area contributed by atoms with Crippen molar-refractivity contribution in [1.29, 1.82) is 0 Å². The third-order valence-electron chi connectivity index (χ3n) is 2.88. The molecule has 1 fully saturated rings. The summed E-state index contributed by atoms with van der Waals surface area (Å²) in [5.74, 6) is 0. The van der Waals surface area contributed by atoms with Gasteiger partial charge in [-0.3, -0.25) is 10.1 Å². The fourth-order valence-electron chi connectivity index (χ4n) is 1.92. The first-order valence-electron chi connectivity index (χ1n) is 5.33. The lowest BCUT2D eigenvalue weighted by atomic mass is 9.87. The molecule has 86 valence electrons. The molecule has 16 heavy (non-hydrogen) atoms. The average molecular weight is 221 g/mol. The molecule has 3 N–H and O–H groups in total. The third-order valence-corrected chi connectivity index (χ3v) is 2.88. The van der Waals surface area contributed by atoms with Crippen molar-refractivity contribution < 1.29 is 4.92 Å². The van der Waals surface area contributed by atoms with Gasteiger partial charge in [0.15, 0.2) is 0 Å². The first-order chi connectivity index (χ1) is 7.56. The molecule has 1 aliphatic carbocycles. The Morgan fingerprint density at radius 3 is 2.75 bits per heavy atom. The largest absolute Gasteiger partial charge is 0.377 e. The fraction of sp³-hybridized carbons (Fsp3) is 0.455. The van der Waals surface area contributed by atoms with Crippen molar-refractivity contribution in [1.82, 2.24) is 0 Å². The van der Waals surface area contributed by atoms with Crippen molar-refractivity contribution in [2.24, 2.45) is 5.73 Å². The van der Waals surface area contributed by atoms with Crippen LogP contribution in [0, 0.1) is 17.0 Å². The van der Waals surface area contributed by atoms with Gasteiger partial charge in [-0.15, -0.1) is 0 Å². The molecule has 0 bridgehead atoms. The molecular weight excluding hydrogens is 206 g/mol. The SMILES string of the molecule is Cc1ccc([N+](=O)[O-])c(NC2CC(N)C2)c1. The minimum absolute atomic E-state index is 0.131. The van der Waals surface area contributed by atoms with Crippen LogP contribution in [0.4, 0.5) is 11.4 Å². The van der Waals surface area contributed by atoms with E-state index in [1.807, 2.05) is 13.0 Å². The summed E-state index contributed by atoms with van der Waals surface area (Å²) in [6, 6.07) is 5.60. The summed E-state index contributed by atoms with van der Waals surface area (Å²) in [5, 5.41) is 14.0. The lowest BCUT2D eigenvalue weighted by molar-refractivity contribution is -0.384. The number of benzene rings is 1. The summed E-state index contributed by atoms with van der Waals surface area (Å²) < 4.78 is 0. The number of hydrogen-bond acceptors (Lipinski definition) is 4. The normalized spacial score (nSPS) is 23.6. The maximum atomic E-state index is 10.8. The number of nitro groups is 1. The molecule has 0 heterocycles. The van der Waals surface area contributed by atoms with E-state index in [0.29, 0.717) is 5.69 Å². The molecule has 0 aromatic heterocycles. The lowest BCUT2D eigenvalue weighted by Crippen LogP contribution is -2.44. The zero-order chi connectivity index (χ0) is 11.7. The number of hydrogen-bond donors (Lipinski definition) is 2. The molecule has 1 aromatic carbocycles. The molecule has 1 aliphatic rings. The maximum Gasteiger partial charge on any atom is 0.292 e. The second-order valence-electron chi connectivity index (χ2n) is 4.35. The molecule has 5 nitrogen and oxygen atoms in total. The van der Waals surface area contributed by atoms with Crippen LogP contribution in [0.15, 0.2) is 18.2 Å². The van der Waals surface area contributed by atoms with Crippen LogP contribution in [-0.4, -0.2) is 17.0 Å². The van der Waals surface area contributed by atoms with Gasteiger partial charge in [0.1, 0.15) is 5.69 Å². The predicted molar refractivity (Wildman–Crippen MR) is 62.5 cm³/mol. The minimum atomic E-state index is -0.361. The van der Waals surface area contributed by atoms with Crippen LogP contribution in [-0.2, 0) is 0 Å². The third kappa shape index (κ3) is 2.14. The van der Waals surface area contributed by atoms with Crippen molar-refractivity contribution in [3.8, 4) is 0 Å². The number of nitrogens with one attached hydrogen (secondary N) is 1. The molecule has 0 spiro atoms. The summed E-state index contributed by atoms with van der Waals surface area (Å²) in [6.07, 6.45) is 1.76. The molecule has 0 aliphatic heterocycles. The monoisotopic (exact) mass is 221 g/mol. The predicted octanol–water partition coefficient (Wildman–Crippen LogP) is 1.80. The summed E-state index contributed by atoms with van der Waals surface area (Å²) in [5.41, 5.74) is 7.42. The molecule has 1 aromatic rings. The quantitative estimate of drug-likeness (QED) is 0.602. The van der Waals surface area contributed by atoms with Crippen LogP contribution in [0.1, 0.15) is 18.4 Å². The Balaban J connectivity index is 2.17. The van der Waals surface area contributed by atoms with Crippen molar-refractivity contribution in [2.75, 3.05) is 5.32 Å². The van der Waals surface area contributed by atoms with Crippen LogP contribution in [0.5, 0.6) is 0 Å². The standard InChI is InChI=1S/C11H15N3O2/c1-7-2-3-11(14(15)16)10(4-7)13-9-5-8(12)6-9/h2-4,8-9,13H,5-6,12H2,1H3. The smallest absolute Gasteiger partial charge is 0.292 e. The van der Waals surface area contributed by atoms with Crippen molar-refractivity contribution in [3.63, 3.8) is 0 Å². The fourth-order valence-corrected chi connectivity index (χ4v) is 1.92. The van der Waals surface area contributed by atoms with Crippen LogP contribution in [0.25, 0.3) is 0 Å². The molecule has 0 amide bonds. The van der Waals surface area contributed by atoms with Crippen molar-refractivity contribution in [3.05, 3.63) is 33.9 Å². The molecular formula is C11H15N3O2. The van der Waals surface area contributed by atoms with Gasteiger partial charge in [-0.05, 0) is 31.4 Å². The van der Waals surface area contributed by atoms with E-state index in [-0.39, 0.29) is 22.7 Å². The zero-order valence-electron chi connectivity index (χ0n) is 9.14. The first-order valence-corrected chi connectivity index (χ1v) is 5.33. The number of rotatable bonds is 3. The van der Waals surface area contributed by atoms with E-state index in [2.05, 4.69) is 5.32 Å². The number of anilines is 1. The Hall–Kier alpha value is -1.62. The Morgan fingerprint density at radius 2 is 2.19 bits per heavy atom. The van der Waals surface area contributed by atoms with Crippen LogP contribution in [0.2, 0.25) is 0 Å². The molecule has 2 rings (SSSR count). The van der Waals surface area contributed by atoms with Gasteiger partial charge >= 0.3 is 0 Å². The van der Waals surface area contributed by atoms with Gasteiger partial charge < -0.3 is 11.1 Å². The van der Waals surface area contributed by atoms with Gasteiger partial charge in [-0.2, -0.15) is 0 Å². The molecule has 0 unspecified atom stereocenters. The second-order valence-corrected chi connectivity index (χ2v) is 4.35. The topological polar surface area (TPSA) is 81.2 Å². The van der Waals surface area contributed by atoms with Gasteiger partial charge in [0.25, 0.3) is 5.69 Å². The summed E-state index contributed by atoms with van der Waals surface area (Å²) in [6.45, 7) is 1.92. The maximum absolute atomic E-state index is 10.8. The Kier molecular flexibility index (Phi) is 2.78. The highest BCUT2D eigenvalue weighted by atomic mass is 16.6. The number of nitro benzene ring substituents is 1. The molecule has 0 saturated heterocycles. The van der Waals surface area contributed by atoms with Gasteiger partial charge in [0.05, 0.1) is 4.92 Å². The summed E-state index contributed by atoms with van der Waals surface area (Å²) >= 11 is 0. The minimum Gasteiger partial charge on any atom is -0.377 e. The lowest BCUT2D eigenvalue weighted by Gasteiger charge is -2.33. The molecule has 5 heteroatoms. The average Bonchev–Trinajstić information content (AvgIpc) is 2.15. The summed E-state index contributed by atoms with van der Waals surface area (Å²) in [7, 11) is 0. The summed E-state index contributed by atoms with van der Waals surface area (Å²) in [4.78, 5) is 10.5. The Labute approximate surface area is 93.8 Å². The van der Waals surface area contributed by atoms with Crippen LogP contribution in [0.3, 0.4) is 0 Å². The van der Waals surface area contributed by atoms with Crippen LogP contribution >= 0.6 is 0 Å².